The number of carbonyl (C=O) groups is 1. The molecule has 112 valence electrons. The van der Waals surface area contributed by atoms with Crippen molar-refractivity contribution in [2.24, 2.45) is 5.92 Å². The second-order valence-electron chi connectivity index (χ2n) is 5.45. The molecule has 1 aromatic heterocycles. The molecule has 2 N–H and O–H groups in total. The molecular formula is C15H19N3O3. The van der Waals surface area contributed by atoms with E-state index in [1.165, 1.54) is 18.5 Å². The minimum absolute atomic E-state index is 0.170. The largest absolute Gasteiger partial charge is 0.299 e. The minimum Gasteiger partial charge on any atom is -0.299 e. The fourth-order valence-electron chi connectivity index (χ4n) is 2.19. The van der Waals surface area contributed by atoms with Crippen LogP contribution >= 0.6 is 0 Å². The van der Waals surface area contributed by atoms with Crippen molar-refractivity contribution in [1.82, 2.24) is 15.0 Å². The number of fused-ring (bicyclic) bond motifs is 1. The minimum atomic E-state index is -0.647. The van der Waals surface area contributed by atoms with Gasteiger partial charge in [-0.05, 0) is 37.0 Å². The fourth-order valence-corrected chi connectivity index (χ4v) is 2.19. The highest BCUT2D eigenvalue weighted by Crippen LogP contribution is 2.11. The van der Waals surface area contributed by atoms with Crippen LogP contribution in [-0.2, 0) is 6.54 Å². The Morgan fingerprint density at radius 1 is 1.43 bits per heavy atom. The number of benzene rings is 1. The summed E-state index contributed by atoms with van der Waals surface area (Å²) >= 11 is 0. The highest BCUT2D eigenvalue weighted by atomic mass is 16.5. The van der Waals surface area contributed by atoms with Crippen LogP contribution in [0.15, 0.2) is 29.3 Å². The maximum absolute atomic E-state index is 12.4. The van der Waals surface area contributed by atoms with E-state index in [4.69, 9.17) is 5.21 Å². The van der Waals surface area contributed by atoms with Gasteiger partial charge in [0.2, 0.25) is 0 Å². The van der Waals surface area contributed by atoms with Gasteiger partial charge in [-0.25, -0.2) is 10.5 Å². The Bertz CT molecular complexity index is 707. The van der Waals surface area contributed by atoms with Crippen LogP contribution in [-0.4, -0.2) is 20.7 Å². The highest BCUT2D eigenvalue weighted by molar-refractivity contribution is 5.97. The fraction of sp³-hybridized carbons (Fsp3) is 0.400. The average Bonchev–Trinajstić information content (AvgIpc) is 2.48. The van der Waals surface area contributed by atoms with Crippen molar-refractivity contribution < 1.29 is 10.0 Å². The molecular weight excluding hydrogens is 270 g/mol. The van der Waals surface area contributed by atoms with Gasteiger partial charge in [-0.15, -0.1) is 0 Å². The lowest BCUT2D eigenvalue weighted by atomic mass is 10.1. The van der Waals surface area contributed by atoms with Crippen LogP contribution in [0, 0.1) is 5.92 Å². The van der Waals surface area contributed by atoms with Crippen LogP contribution in [0.5, 0.6) is 0 Å². The van der Waals surface area contributed by atoms with E-state index in [0.29, 0.717) is 23.4 Å². The summed E-state index contributed by atoms with van der Waals surface area (Å²) in [6.07, 6.45) is 3.48. The van der Waals surface area contributed by atoms with Gasteiger partial charge in [0.1, 0.15) is 0 Å². The molecule has 0 atom stereocenters. The van der Waals surface area contributed by atoms with E-state index in [9.17, 15) is 9.59 Å². The standard InChI is InChI=1S/C15H19N3O3/c1-10(2)4-3-7-18-9-16-13-6-5-11(14(19)17-21)8-12(13)15(18)20/h5-6,8-10,21H,3-4,7H2,1-2H3,(H,17,19). The quantitative estimate of drug-likeness (QED) is 0.651. The summed E-state index contributed by atoms with van der Waals surface area (Å²) in [5.74, 6) is -0.0551. The van der Waals surface area contributed by atoms with Crippen molar-refractivity contribution in [3.63, 3.8) is 0 Å². The van der Waals surface area contributed by atoms with E-state index in [0.717, 1.165) is 12.8 Å². The number of aromatic nitrogens is 2. The van der Waals surface area contributed by atoms with E-state index >= 15 is 0 Å². The van der Waals surface area contributed by atoms with Crippen molar-refractivity contribution in [2.45, 2.75) is 33.2 Å². The molecule has 0 saturated carbocycles. The maximum atomic E-state index is 12.4. The molecule has 2 aromatic rings. The van der Waals surface area contributed by atoms with E-state index in [1.807, 2.05) is 0 Å². The van der Waals surface area contributed by atoms with Gasteiger partial charge < -0.3 is 0 Å². The number of hydroxylamine groups is 1. The Kier molecular flexibility index (Phi) is 4.70. The van der Waals surface area contributed by atoms with Crippen LogP contribution in [0.2, 0.25) is 0 Å². The Hall–Kier alpha value is -2.21. The number of carbonyl (C=O) groups excluding carboxylic acids is 1. The number of aryl methyl sites for hydroxylation is 1. The number of hydrogen-bond donors (Lipinski definition) is 2. The van der Waals surface area contributed by atoms with Gasteiger partial charge >= 0.3 is 0 Å². The van der Waals surface area contributed by atoms with Crippen molar-refractivity contribution in [3.05, 3.63) is 40.4 Å². The Labute approximate surface area is 122 Å². The molecule has 0 bridgehead atoms. The van der Waals surface area contributed by atoms with Gasteiger partial charge in [0.25, 0.3) is 11.5 Å². The SMILES string of the molecule is CC(C)CCCn1cnc2ccc(C(=O)NO)cc2c1=O. The van der Waals surface area contributed by atoms with Crippen LogP contribution in [0.25, 0.3) is 10.9 Å². The molecule has 0 spiro atoms. The molecule has 6 heteroatoms. The Morgan fingerprint density at radius 3 is 2.86 bits per heavy atom. The second kappa shape index (κ2) is 6.49. The summed E-state index contributed by atoms with van der Waals surface area (Å²) in [6.45, 7) is 4.89. The van der Waals surface area contributed by atoms with Gasteiger partial charge in [0.15, 0.2) is 0 Å². The number of nitrogens with one attached hydrogen (secondary N) is 1. The molecule has 0 radical (unpaired) electrons. The smallest absolute Gasteiger partial charge is 0.274 e. The van der Waals surface area contributed by atoms with E-state index < -0.39 is 5.91 Å². The summed E-state index contributed by atoms with van der Waals surface area (Å²) in [5, 5.41) is 9.03. The molecule has 21 heavy (non-hydrogen) atoms. The third-order valence-electron chi connectivity index (χ3n) is 3.37. The summed E-state index contributed by atoms with van der Waals surface area (Å²) in [5.41, 5.74) is 2.15. The van der Waals surface area contributed by atoms with Gasteiger partial charge in [-0.2, -0.15) is 0 Å². The van der Waals surface area contributed by atoms with Gasteiger partial charge in [-0.3, -0.25) is 19.4 Å². The second-order valence-corrected chi connectivity index (χ2v) is 5.45. The Morgan fingerprint density at radius 2 is 2.19 bits per heavy atom. The van der Waals surface area contributed by atoms with Gasteiger partial charge in [0.05, 0.1) is 17.2 Å². The number of amides is 1. The van der Waals surface area contributed by atoms with E-state index in [2.05, 4.69) is 18.8 Å². The molecule has 6 nitrogen and oxygen atoms in total. The van der Waals surface area contributed by atoms with Gasteiger partial charge in [0, 0.05) is 12.1 Å². The molecule has 0 unspecified atom stereocenters. The molecule has 0 fully saturated rings. The molecule has 1 aromatic carbocycles. The Balaban J connectivity index is 2.35. The highest BCUT2D eigenvalue weighted by Gasteiger charge is 2.09. The first-order valence-corrected chi connectivity index (χ1v) is 6.96. The van der Waals surface area contributed by atoms with Gasteiger partial charge in [-0.1, -0.05) is 13.8 Å². The van der Waals surface area contributed by atoms with Crippen LogP contribution in [0.1, 0.15) is 37.0 Å². The lowest BCUT2D eigenvalue weighted by Gasteiger charge is -2.08. The number of hydrogen-bond acceptors (Lipinski definition) is 4. The van der Waals surface area contributed by atoms with Crippen molar-refractivity contribution in [3.8, 4) is 0 Å². The molecule has 2 rings (SSSR count). The predicted molar refractivity (Wildman–Crippen MR) is 79.3 cm³/mol. The third kappa shape index (κ3) is 3.46. The third-order valence-corrected chi connectivity index (χ3v) is 3.37. The first kappa shape index (κ1) is 15.2. The lowest BCUT2D eigenvalue weighted by Crippen LogP contribution is -2.22. The molecule has 0 aliphatic carbocycles. The normalized spacial score (nSPS) is 11.0. The lowest BCUT2D eigenvalue weighted by molar-refractivity contribution is 0.0706. The van der Waals surface area contributed by atoms with Crippen molar-refractivity contribution in [2.75, 3.05) is 0 Å². The maximum Gasteiger partial charge on any atom is 0.274 e. The average molecular weight is 289 g/mol. The molecule has 1 amide bonds. The van der Waals surface area contributed by atoms with Crippen molar-refractivity contribution >= 4 is 16.8 Å². The van der Waals surface area contributed by atoms with Crippen molar-refractivity contribution in [1.29, 1.82) is 0 Å². The van der Waals surface area contributed by atoms with Crippen LogP contribution < -0.4 is 11.0 Å². The van der Waals surface area contributed by atoms with Crippen LogP contribution in [0.4, 0.5) is 0 Å². The predicted octanol–water partition coefficient (Wildman–Crippen LogP) is 1.95. The van der Waals surface area contributed by atoms with E-state index in [-0.39, 0.29) is 11.1 Å². The molecule has 0 aliphatic rings. The summed E-state index contributed by atoms with van der Waals surface area (Å²) in [7, 11) is 0. The molecule has 1 heterocycles. The summed E-state index contributed by atoms with van der Waals surface area (Å²) in [4.78, 5) is 28.0. The summed E-state index contributed by atoms with van der Waals surface area (Å²) < 4.78 is 1.56. The zero-order valence-electron chi connectivity index (χ0n) is 12.2. The van der Waals surface area contributed by atoms with E-state index in [1.54, 1.807) is 16.1 Å². The molecule has 0 aliphatic heterocycles. The number of nitrogens with zero attached hydrogens (tertiary/aromatic N) is 2. The first-order chi connectivity index (χ1) is 10.0. The van der Waals surface area contributed by atoms with Crippen LogP contribution in [0.3, 0.4) is 0 Å². The summed E-state index contributed by atoms with van der Waals surface area (Å²) in [6, 6.07) is 4.57. The molecule has 0 saturated heterocycles. The number of rotatable bonds is 5. The topological polar surface area (TPSA) is 84.2 Å². The first-order valence-electron chi connectivity index (χ1n) is 6.96. The monoisotopic (exact) mass is 289 g/mol. The zero-order valence-corrected chi connectivity index (χ0v) is 12.2. The zero-order chi connectivity index (χ0) is 15.4.